The van der Waals surface area contributed by atoms with E-state index in [-0.39, 0.29) is 17.8 Å². The maximum atomic E-state index is 13.2. The second-order valence-electron chi connectivity index (χ2n) is 7.59. The molecule has 0 unspecified atom stereocenters. The van der Waals surface area contributed by atoms with Gasteiger partial charge in [-0.25, -0.2) is 4.39 Å². The van der Waals surface area contributed by atoms with Crippen molar-refractivity contribution in [3.8, 4) is 5.69 Å². The number of para-hydroxylation sites is 1. The summed E-state index contributed by atoms with van der Waals surface area (Å²) in [5, 5.41) is 12.1. The van der Waals surface area contributed by atoms with Gasteiger partial charge in [-0.05, 0) is 43.7 Å². The Labute approximate surface area is 191 Å². The number of morpholine rings is 1. The van der Waals surface area contributed by atoms with Gasteiger partial charge in [0.05, 0.1) is 30.2 Å². The molecule has 1 amide bonds. The number of hydrogen-bond acceptors (Lipinski definition) is 6. The van der Waals surface area contributed by atoms with E-state index < -0.39 is 5.25 Å². The lowest BCUT2D eigenvalue weighted by Crippen LogP contribution is -2.38. The number of carbonyl (C=O) groups is 1. The Morgan fingerprint density at radius 2 is 1.75 bits per heavy atom. The van der Waals surface area contributed by atoms with E-state index in [1.54, 1.807) is 12.1 Å². The minimum Gasteiger partial charge on any atom is -0.378 e. The molecule has 9 heteroatoms. The van der Waals surface area contributed by atoms with Crippen molar-refractivity contribution in [1.82, 2.24) is 20.1 Å². The van der Waals surface area contributed by atoms with E-state index >= 15 is 0 Å². The van der Waals surface area contributed by atoms with Crippen molar-refractivity contribution in [2.45, 2.75) is 30.3 Å². The third-order valence-electron chi connectivity index (χ3n) is 5.30. The van der Waals surface area contributed by atoms with Crippen LogP contribution in [0.1, 0.15) is 25.5 Å². The molecule has 1 saturated heterocycles. The molecule has 1 fully saturated rings. The summed E-state index contributed by atoms with van der Waals surface area (Å²) in [7, 11) is 0. The molecule has 3 aromatic rings. The first-order chi connectivity index (χ1) is 15.5. The number of rotatable bonds is 7. The third-order valence-corrected chi connectivity index (χ3v) is 6.35. The molecule has 4 rings (SSSR count). The van der Waals surface area contributed by atoms with E-state index in [4.69, 9.17) is 4.74 Å². The van der Waals surface area contributed by atoms with Crippen LogP contribution in [0.15, 0.2) is 59.8 Å². The zero-order chi connectivity index (χ0) is 22.5. The summed E-state index contributed by atoms with van der Waals surface area (Å²) in [6.07, 6.45) is 0. The molecular formula is C23H26FN5O2S. The van der Waals surface area contributed by atoms with Crippen molar-refractivity contribution in [3.05, 3.63) is 66.0 Å². The van der Waals surface area contributed by atoms with Crippen LogP contribution in [0.2, 0.25) is 0 Å². The fourth-order valence-corrected chi connectivity index (χ4v) is 4.36. The van der Waals surface area contributed by atoms with Crippen LogP contribution < -0.4 is 10.2 Å². The lowest BCUT2D eigenvalue weighted by atomic mass is 10.1. The lowest BCUT2D eigenvalue weighted by molar-refractivity contribution is -0.120. The molecule has 1 N–H and O–H groups in total. The summed E-state index contributed by atoms with van der Waals surface area (Å²) in [5.41, 5.74) is 1.78. The standard InChI is InChI=1S/C23H26FN5O2S/c1-16(18-8-10-19(24)11-9-18)25-21(30)17(2)32-23-27-26-22(28-12-14-31-15-13-28)29(23)20-6-4-3-5-7-20/h3-11,16-17H,12-15H2,1-2H3,(H,25,30)/t16-,17-/m1/s1. The molecule has 1 aliphatic heterocycles. The highest BCUT2D eigenvalue weighted by molar-refractivity contribution is 8.00. The first-order valence-corrected chi connectivity index (χ1v) is 11.5. The van der Waals surface area contributed by atoms with Crippen LogP contribution in [0.3, 0.4) is 0 Å². The van der Waals surface area contributed by atoms with Gasteiger partial charge in [-0.15, -0.1) is 10.2 Å². The maximum absolute atomic E-state index is 13.2. The Morgan fingerprint density at radius 1 is 1.06 bits per heavy atom. The van der Waals surface area contributed by atoms with Crippen LogP contribution in [-0.2, 0) is 9.53 Å². The number of halogens is 1. The third kappa shape index (κ3) is 5.11. The van der Waals surface area contributed by atoms with Crippen LogP contribution in [0.4, 0.5) is 10.3 Å². The number of nitrogens with one attached hydrogen (secondary N) is 1. The van der Waals surface area contributed by atoms with Gasteiger partial charge in [0.15, 0.2) is 5.16 Å². The van der Waals surface area contributed by atoms with Gasteiger partial charge in [-0.2, -0.15) is 0 Å². The summed E-state index contributed by atoms with van der Waals surface area (Å²) in [6, 6.07) is 15.8. The van der Waals surface area contributed by atoms with Crippen molar-refractivity contribution in [3.63, 3.8) is 0 Å². The van der Waals surface area contributed by atoms with E-state index in [2.05, 4.69) is 20.4 Å². The number of amides is 1. The molecule has 2 heterocycles. The highest BCUT2D eigenvalue weighted by Crippen LogP contribution is 2.30. The van der Waals surface area contributed by atoms with Crippen molar-refractivity contribution < 1.29 is 13.9 Å². The van der Waals surface area contributed by atoms with Gasteiger partial charge >= 0.3 is 0 Å². The SMILES string of the molecule is C[C@@H](Sc1nnc(N2CCOCC2)n1-c1ccccc1)C(=O)N[C@H](C)c1ccc(F)cc1. The Kier molecular flexibility index (Phi) is 7.06. The van der Waals surface area contributed by atoms with E-state index in [0.29, 0.717) is 18.4 Å². The molecule has 0 bridgehead atoms. The van der Waals surface area contributed by atoms with Gasteiger partial charge in [0.25, 0.3) is 0 Å². The predicted octanol–water partition coefficient (Wildman–Crippen LogP) is 3.60. The number of ether oxygens (including phenoxy) is 1. The van der Waals surface area contributed by atoms with Crippen LogP contribution in [-0.4, -0.2) is 52.2 Å². The molecule has 1 aliphatic rings. The fourth-order valence-electron chi connectivity index (χ4n) is 3.49. The number of hydrogen-bond donors (Lipinski definition) is 1. The van der Waals surface area contributed by atoms with Crippen LogP contribution in [0.25, 0.3) is 5.69 Å². The van der Waals surface area contributed by atoms with Gasteiger partial charge in [0.1, 0.15) is 5.82 Å². The van der Waals surface area contributed by atoms with Gasteiger partial charge in [0, 0.05) is 13.1 Å². The number of anilines is 1. The first kappa shape index (κ1) is 22.3. The molecule has 0 radical (unpaired) electrons. The van der Waals surface area contributed by atoms with E-state index in [1.165, 1.54) is 23.9 Å². The Bertz CT molecular complexity index is 1040. The molecule has 7 nitrogen and oxygen atoms in total. The van der Waals surface area contributed by atoms with Crippen LogP contribution in [0.5, 0.6) is 0 Å². The molecule has 32 heavy (non-hydrogen) atoms. The van der Waals surface area contributed by atoms with E-state index in [1.807, 2.05) is 48.7 Å². The summed E-state index contributed by atoms with van der Waals surface area (Å²) in [6.45, 7) is 6.48. The number of benzene rings is 2. The average Bonchev–Trinajstić information content (AvgIpc) is 3.24. The number of nitrogens with zero attached hydrogens (tertiary/aromatic N) is 4. The highest BCUT2D eigenvalue weighted by atomic mass is 32.2. The van der Waals surface area contributed by atoms with E-state index in [9.17, 15) is 9.18 Å². The largest absolute Gasteiger partial charge is 0.378 e. The first-order valence-electron chi connectivity index (χ1n) is 10.6. The number of carbonyl (C=O) groups excluding carboxylic acids is 1. The minimum atomic E-state index is -0.401. The molecule has 0 saturated carbocycles. The fraction of sp³-hybridized carbons (Fsp3) is 0.348. The van der Waals surface area contributed by atoms with Crippen molar-refractivity contribution >= 4 is 23.6 Å². The Hall–Kier alpha value is -2.91. The molecular weight excluding hydrogens is 429 g/mol. The quantitative estimate of drug-likeness (QED) is 0.549. The van der Waals surface area contributed by atoms with Crippen molar-refractivity contribution in [1.29, 1.82) is 0 Å². The summed E-state index contributed by atoms with van der Waals surface area (Å²) in [5.74, 6) is 0.323. The van der Waals surface area contributed by atoms with Gasteiger partial charge in [0.2, 0.25) is 11.9 Å². The number of aromatic nitrogens is 3. The zero-order valence-electron chi connectivity index (χ0n) is 18.1. The molecule has 2 aromatic carbocycles. The Morgan fingerprint density at radius 3 is 2.44 bits per heavy atom. The second-order valence-corrected chi connectivity index (χ2v) is 8.90. The number of thioether (sulfide) groups is 1. The molecule has 0 aliphatic carbocycles. The smallest absolute Gasteiger partial charge is 0.233 e. The normalized spacial score (nSPS) is 15.9. The van der Waals surface area contributed by atoms with Crippen LogP contribution >= 0.6 is 11.8 Å². The highest BCUT2D eigenvalue weighted by Gasteiger charge is 2.25. The molecule has 1 aromatic heterocycles. The van der Waals surface area contributed by atoms with Crippen LogP contribution in [0, 0.1) is 5.82 Å². The topological polar surface area (TPSA) is 72.3 Å². The van der Waals surface area contributed by atoms with Gasteiger partial charge in [-0.1, -0.05) is 42.1 Å². The second kappa shape index (κ2) is 10.1. The molecule has 0 spiro atoms. The predicted molar refractivity (Wildman–Crippen MR) is 123 cm³/mol. The Balaban J connectivity index is 1.52. The minimum absolute atomic E-state index is 0.123. The van der Waals surface area contributed by atoms with Crippen molar-refractivity contribution in [2.75, 3.05) is 31.2 Å². The zero-order valence-corrected chi connectivity index (χ0v) is 18.9. The molecule has 168 valence electrons. The molecule has 2 atom stereocenters. The van der Waals surface area contributed by atoms with E-state index in [0.717, 1.165) is 30.3 Å². The summed E-state index contributed by atoms with van der Waals surface area (Å²) in [4.78, 5) is 15.0. The lowest BCUT2D eigenvalue weighted by Gasteiger charge is -2.28. The van der Waals surface area contributed by atoms with Gasteiger partial charge < -0.3 is 15.0 Å². The van der Waals surface area contributed by atoms with Crippen molar-refractivity contribution in [2.24, 2.45) is 0 Å². The maximum Gasteiger partial charge on any atom is 0.233 e. The summed E-state index contributed by atoms with van der Waals surface area (Å²) < 4.78 is 20.6. The summed E-state index contributed by atoms with van der Waals surface area (Å²) >= 11 is 1.36. The average molecular weight is 456 g/mol. The van der Waals surface area contributed by atoms with Gasteiger partial charge in [-0.3, -0.25) is 9.36 Å². The monoisotopic (exact) mass is 455 g/mol.